The summed E-state index contributed by atoms with van der Waals surface area (Å²) in [7, 11) is 0. The van der Waals surface area contributed by atoms with Gasteiger partial charge in [0.25, 0.3) is 5.91 Å². The monoisotopic (exact) mass is 358 g/mol. The number of fused-ring (bicyclic) bond motifs is 1. The molecule has 1 fully saturated rings. The molecule has 4 rings (SSSR count). The molecule has 0 aromatic heterocycles. The van der Waals surface area contributed by atoms with Crippen molar-refractivity contribution < 1.29 is 4.79 Å². The Balaban J connectivity index is 1.43. The molecule has 0 bridgehead atoms. The molecule has 1 saturated heterocycles. The summed E-state index contributed by atoms with van der Waals surface area (Å²) in [5.74, 6) is -0.0509. The summed E-state index contributed by atoms with van der Waals surface area (Å²) in [6.07, 6.45) is 1.70. The molecule has 0 aliphatic carbocycles. The summed E-state index contributed by atoms with van der Waals surface area (Å²) in [5.41, 5.74) is 11.1. The van der Waals surface area contributed by atoms with Crippen molar-refractivity contribution in [2.75, 3.05) is 0 Å². The van der Waals surface area contributed by atoms with Crippen LogP contribution in [0.1, 0.15) is 24.1 Å². The maximum Gasteiger partial charge on any atom is 0.258 e. The zero-order chi connectivity index (χ0) is 18.6. The Morgan fingerprint density at radius 1 is 0.963 bits per heavy atom. The van der Waals surface area contributed by atoms with Crippen molar-refractivity contribution in [3.05, 3.63) is 83.9 Å². The van der Waals surface area contributed by atoms with Crippen LogP contribution in [0.15, 0.2) is 77.9 Å². The van der Waals surface area contributed by atoms with E-state index < -0.39 is 0 Å². The van der Waals surface area contributed by atoms with Crippen LogP contribution in [0, 0.1) is 5.92 Å². The first-order chi connectivity index (χ1) is 13.2. The largest absolute Gasteiger partial charge is 0.271 e. The average Bonchev–Trinajstić information content (AvgIpc) is 3.10. The van der Waals surface area contributed by atoms with Gasteiger partial charge in [-0.25, -0.2) is 16.3 Å². The van der Waals surface area contributed by atoms with Crippen LogP contribution in [0.5, 0.6) is 0 Å². The molecule has 3 aromatic rings. The number of hydrazone groups is 1. The quantitative estimate of drug-likeness (QED) is 0.496. The Bertz CT molecular complexity index is 965. The van der Waals surface area contributed by atoms with Crippen molar-refractivity contribution in [2.45, 2.75) is 19.0 Å². The van der Waals surface area contributed by atoms with Crippen molar-refractivity contribution >= 4 is 22.9 Å². The van der Waals surface area contributed by atoms with Crippen molar-refractivity contribution in [1.29, 1.82) is 0 Å². The number of carbonyl (C=O) groups excluding carboxylic acids is 1. The van der Waals surface area contributed by atoms with Gasteiger partial charge < -0.3 is 0 Å². The second-order valence-electron chi connectivity index (χ2n) is 6.82. The van der Waals surface area contributed by atoms with Gasteiger partial charge in [-0.05, 0) is 16.3 Å². The number of hydrogen-bond acceptors (Lipinski definition) is 4. The lowest BCUT2D eigenvalue weighted by atomic mass is 9.91. The average molecular weight is 358 g/mol. The van der Waals surface area contributed by atoms with E-state index in [2.05, 4.69) is 52.6 Å². The molecule has 1 aliphatic rings. The molecular formula is C22H22N4O. The molecule has 0 saturated carbocycles. The molecule has 3 unspecified atom stereocenters. The number of hydrogen-bond donors (Lipinski definition) is 3. The fourth-order valence-electron chi connectivity index (χ4n) is 3.58. The molecule has 0 radical (unpaired) electrons. The van der Waals surface area contributed by atoms with Crippen molar-refractivity contribution in [3.63, 3.8) is 0 Å². The number of carbonyl (C=O) groups is 1. The van der Waals surface area contributed by atoms with E-state index in [-0.39, 0.29) is 23.9 Å². The van der Waals surface area contributed by atoms with Crippen LogP contribution in [0.25, 0.3) is 10.8 Å². The molecule has 3 atom stereocenters. The highest BCUT2D eigenvalue weighted by Gasteiger charge is 2.37. The summed E-state index contributed by atoms with van der Waals surface area (Å²) in [6.45, 7) is 2.06. The summed E-state index contributed by atoms with van der Waals surface area (Å²) in [5, 5.41) is 6.43. The van der Waals surface area contributed by atoms with Crippen LogP contribution in [-0.2, 0) is 4.79 Å². The van der Waals surface area contributed by atoms with Crippen molar-refractivity contribution in [2.24, 2.45) is 11.0 Å². The molecule has 1 heterocycles. The van der Waals surface area contributed by atoms with Gasteiger partial charge in [0.1, 0.15) is 6.04 Å². The fourth-order valence-corrected chi connectivity index (χ4v) is 3.58. The minimum atomic E-state index is -0.347. The number of amides is 1. The minimum Gasteiger partial charge on any atom is -0.271 e. The molecule has 5 heteroatoms. The van der Waals surface area contributed by atoms with E-state index in [0.29, 0.717) is 0 Å². The van der Waals surface area contributed by atoms with E-state index in [4.69, 9.17) is 0 Å². The Labute approximate surface area is 158 Å². The number of nitrogens with zero attached hydrogens (tertiary/aromatic N) is 1. The Hall–Kier alpha value is -3.02. The van der Waals surface area contributed by atoms with Gasteiger partial charge in [0.15, 0.2) is 0 Å². The smallest absolute Gasteiger partial charge is 0.258 e. The molecule has 1 amide bonds. The topological polar surface area (TPSA) is 65.5 Å². The number of rotatable bonds is 4. The third-order valence-corrected chi connectivity index (χ3v) is 5.09. The molecule has 0 spiro atoms. The predicted molar refractivity (Wildman–Crippen MR) is 108 cm³/mol. The van der Waals surface area contributed by atoms with Crippen LogP contribution in [0.2, 0.25) is 0 Å². The lowest BCUT2D eigenvalue weighted by Gasteiger charge is -2.17. The van der Waals surface area contributed by atoms with E-state index in [0.717, 1.165) is 21.9 Å². The summed E-state index contributed by atoms with van der Waals surface area (Å²) >= 11 is 0. The predicted octanol–water partition coefficient (Wildman–Crippen LogP) is 3.14. The highest BCUT2D eigenvalue weighted by atomic mass is 16.2. The van der Waals surface area contributed by atoms with Crippen molar-refractivity contribution in [1.82, 2.24) is 16.3 Å². The fraction of sp³-hybridized carbons (Fsp3) is 0.182. The zero-order valence-corrected chi connectivity index (χ0v) is 15.1. The zero-order valence-electron chi connectivity index (χ0n) is 15.1. The second-order valence-corrected chi connectivity index (χ2v) is 6.82. The SMILES string of the molecule is CC1C(C(=O)N/N=C/c2cccc3ccccc23)NNC1c1ccccc1. The highest BCUT2D eigenvalue weighted by Crippen LogP contribution is 2.28. The summed E-state index contributed by atoms with van der Waals surface area (Å²) in [6, 6.07) is 24.0. The molecule has 3 aromatic carbocycles. The van der Waals surface area contributed by atoms with Crippen LogP contribution >= 0.6 is 0 Å². The maximum atomic E-state index is 12.6. The number of benzene rings is 3. The van der Waals surface area contributed by atoms with Gasteiger partial charge in [-0.1, -0.05) is 79.7 Å². The second kappa shape index (κ2) is 7.70. The maximum absolute atomic E-state index is 12.6. The van der Waals surface area contributed by atoms with Crippen LogP contribution in [0.4, 0.5) is 0 Å². The molecule has 1 aliphatic heterocycles. The molecule has 136 valence electrons. The van der Waals surface area contributed by atoms with Gasteiger partial charge in [-0.15, -0.1) is 0 Å². The molecular weight excluding hydrogens is 336 g/mol. The third-order valence-electron chi connectivity index (χ3n) is 5.09. The minimum absolute atomic E-state index is 0.0870. The van der Waals surface area contributed by atoms with Crippen LogP contribution in [0.3, 0.4) is 0 Å². The lowest BCUT2D eigenvalue weighted by molar-refractivity contribution is -0.123. The Morgan fingerprint density at radius 2 is 1.70 bits per heavy atom. The van der Waals surface area contributed by atoms with E-state index in [1.165, 1.54) is 0 Å². The molecule has 3 N–H and O–H groups in total. The van der Waals surface area contributed by atoms with E-state index in [1.807, 2.05) is 48.5 Å². The van der Waals surface area contributed by atoms with Crippen LogP contribution < -0.4 is 16.3 Å². The van der Waals surface area contributed by atoms with Gasteiger partial charge >= 0.3 is 0 Å². The summed E-state index contributed by atoms with van der Waals surface area (Å²) < 4.78 is 0. The van der Waals surface area contributed by atoms with E-state index in [9.17, 15) is 4.79 Å². The van der Waals surface area contributed by atoms with Gasteiger partial charge in [-0.2, -0.15) is 5.10 Å². The standard InChI is InChI=1S/C22H22N4O/c1-15-20(17-9-3-2-4-10-17)24-25-21(15)22(27)26-23-14-18-12-7-11-16-8-5-6-13-19(16)18/h2-15,20-21,24-25H,1H3,(H,26,27)/b23-14+. The van der Waals surface area contributed by atoms with Gasteiger partial charge in [-0.3, -0.25) is 4.79 Å². The molecule has 5 nitrogen and oxygen atoms in total. The third kappa shape index (κ3) is 3.60. The number of hydrazine groups is 1. The number of nitrogens with one attached hydrogen (secondary N) is 3. The first-order valence-corrected chi connectivity index (χ1v) is 9.11. The first kappa shape index (κ1) is 17.4. The lowest BCUT2D eigenvalue weighted by Crippen LogP contribution is -2.43. The Kier molecular flexibility index (Phi) is 4.96. The van der Waals surface area contributed by atoms with E-state index >= 15 is 0 Å². The van der Waals surface area contributed by atoms with Crippen LogP contribution in [-0.4, -0.2) is 18.2 Å². The van der Waals surface area contributed by atoms with Crippen molar-refractivity contribution in [3.8, 4) is 0 Å². The van der Waals surface area contributed by atoms with E-state index in [1.54, 1.807) is 6.21 Å². The van der Waals surface area contributed by atoms with Gasteiger partial charge in [0.2, 0.25) is 0 Å². The summed E-state index contributed by atoms with van der Waals surface area (Å²) in [4.78, 5) is 12.6. The highest BCUT2D eigenvalue weighted by molar-refractivity contribution is 6.00. The van der Waals surface area contributed by atoms with Gasteiger partial charge in [0.05, 0.1) is 12.3 Å². The molecule has 27 heavy (non-hydrogen) atoms. The normalized spacial score (nSPS) is 22.3. The Morgan fingerprint density at radius 3 is 2.56 bits per heavy atom. The van der Waals surface area contributed by atoms with Gasteiger partial charge in [0, 0.05) is 11.5 Å². The first-order valence-electron chi connectivity index (χ1n) is 9.11.